The van der Waals surface area contributed by atoms with E-state index in [4.69, 9.17) is 4.74 Å². The maximum absolute atomic E-state index is 12.0. The molecule has 1 aliphatic heterocycles. The molecule has 0 aromatic heterocycles. The molecular weight excluding hydrogens is 262 g/mol. The Morgan fingerprint density at radius 2 is 1.76 bits per heavy atom. The minimum atomic E-state index is -0.0905. The first-order valence-electron chi connectivity index (χ1n) is 8.08. The van der Waals surface area contributed by atoms with Crippen LogP contribution in [0, 0.1) is 13.8 Å². The number of aryl methyl sites for hydroxylation is 2. The second kappa shape index (κ2) is 7.60. The van der Waals surface area contributed by atoms with E-state index in [0.717, 1.165) is 13.1 Å². The fourth-order valence-corrected chi connectivity index (χ4v) is 3.27. The highest BCUT2D eigenvalue weighted by molar-refractivity contribution is 5.70. The van der Waals surface area contributed by atoms with Crippen molar-refractivity contribution in [3.8, 4) is 0 Å². The van der Waals surface area contributed by atoms with Gasteiger partial charge in [-0.25, -0.2) is 0 Å². The molecule has 3 heteroatoms. The maximum atomic E-state index is 12.0. The lowest BCUT2D eigenvalue weighted by Crippen LogP contribution is -2.35. The summed E-state index contributed by atoms with van der Waals surface area (Å²) in [6.45, 7) is 8.72. The van der Waals surface area contributed by atoms with E-state index in [1.54, 1.807) is 0 Å². The summed E-state index contributed by atoms with van der Waals surface area (Å²) in [6.07, 6.45) is 4.21. The molecule has 116 valence electrons. The lowest BCUT2D eigenvalue weighted by atomic mass is 9.96. The second-order valence-electron chi connectivity index (χ2n) is 6.04. The van der Waals surface area contributed by atoms with Gasteiger partial charge in [0.2, 0.25) is 0 Å². The van der Waals surface area contributed by atoms with Crippen molar-refractivity contribution in [3.63, 3.8) is 0 Å². The molecule has 3 nitrogen and oxygen atoms in total. The Kier molecular flexibility index (Phi) is 5.80. The Balaban J connectivity index is 2.22. The fraction of sp³-hybridized carbons (Fsp3) is 0.611. The summed E-state index contributed by atoms with van der Waals surface area (Å²) in [5.74, 6) is -0.0905. The number of hydrogen-bond acceptors (Lipinski definition) is 3. The zero-order valence-electron chi connectivity index (χ0n) is 13.5. The topological polar surface area (TPSA) is 29.5 Å². The molecule has 1 aromatic carbocycles. The standard InChI is InChI=1S/C18H27NO2/c1-4-21-18(20)13-17(19-8-6-5-7-9-19)16-11-14(2)10-15(3)12-16/h10-12,17H,4-9,13H2,1-3H3. The van der Waals surface area contributed by atoms with E-state index in [1.165, 1.54) is 36.0 Å². The predicted molar refractivity (Wildman–Crippen MR) is 85.3 cm³/mol. The Morgan fingerprint density at radius 1 is 1.14 bits per heavy atom. The number of likely N-dealkylation sites (tertiary alicyclic amines) is 1. The van der Waals surface area contributed by atoms with Crippen LogP contribution < -0.4 is 0 Å². The number of ether oxygens (including phenoxy) is 1. The van der Waals surface area contributed by atoms with Crippen LogP contribution in [0.25, 0.3) is 0 Å². The van der Waals surface area contributed by atoms with Crippen molar-refractivity contribution >= 4 is 5.97 Å². The monoisotopic (exact) mass is 289 g/mol. The highest BCUT2D eigenvalue weighted by Crippen LogP contribution is 2.29. The van der Waals surface area contributed by atoms with Gasteiger partial charge in [0.15, 0.2) is 0 Å². The molecule has 1 aromatic rings. The van der Waals surface area contributed by atoms with E-state index >= 15 is 0 Å². The molecule has 21 heavy (non-hydrogen) atoms. The Morgan fingerprint density at radius 3 is 2.33 bits per heavy atom. The predicted octanol–water partition coefficient (Wildman–Crippen LogP) is 3.78. The lowest BCUT2D eigenvalue weighted by Gasteiger charge is -2.34. The quantitative estimate of drug-likeness (QED) is 0.773. The molecule has 0 amide bonds. The summed E-state index contributed by atoms with van der Waals surface area (Å²) in [5, 5.41) is 0. The molecule has 0 saturated carbocycles. The second-order valence-corrected chi connectivity index (χ2v) is 6.04. The molecule has 0 bridgehead atoms. The SMILES string of the molecule is CCOC(=O)CC(c1cc(C)cc(C)c1)N1CCCCC1. The molecule has 0 N–H and O–H groups in total. The minimum absolute atomic E-state index is 0.0905. The van der Waals surface area contributed by atoms with Gasteiger partial charge in [0.25, 0.3) is 0 Å². The Hall–Kier alpha value is -1.35. The van der Waals surface area contributed by atoms with Crippen LogP contribution in [0.15, 0.2) is 18.2 Å². The van der Waals surface area contributed by atoms with Crippen molar-refractivity contribution in [2.75, 3.05) is 19.7 Å². The Labute approximate surface area is 128 Å². The van der Waals surface area contributed by atoms with Gasteiger partial charge in [0, 0.05) is 6.04 Å². The van der Waals surface area contributed by atoms with Crippen LogP contribution in [-0.4, -0.2) is 30.6 Å². The van der Waals surface area contributed by atoms with E-state index in [0.29, 0.717) is 13.0 Å². The maximum Gasteiger partial charge on any atom is 0.307 e. The first-order chi connectivity index (χ1) is 10.1. The van der Waals surface area contributed by atoms with Crippen molar-refractivity contribution in [1.29, 1.82) is 0 Å². The molecular formula is C18H27NO2. The molecule has 0 spiro atoms. The number of carbonyl (C=O) groups is 1. The number of hydrogen-bond donors (Lipinski definition) is 0. The van der Waals surface area contributed by atoms with E-state index < -0.39 is 0 Å². The van der Waals surface area contributed by atoms with E-state index in [-0.39, 0.29) is 12.0 Å². The lowest BCUT2D eigenvalue weighted by molar-refractivity contribution is -0.144. The van der Waals surface area contributed by atoms with Gasteiger partial charge in [-0.3, -0.25) is 9.69 Å². The number of esters is 1. The first-order valence-corrected chi connectivity index (χ1v) is 8.08. The average Bonchev–Trinajstić information content (AvgIpc) is 2.45. The minimum Gasteiger partial charge on any atom is -0.466 e. The number of nitrogens with zero attached hydrogens (tertiary/aromatic N) is 1. The summed E-state index contributed by atoms with van der Waals surface area (Å²) in [5.41, 5.74) is 3.77. The van der Waals surface area contributed by atoms with Gasteiger partial charge < -0.3 is 4.74 Å². The van der Waals surface area contributed by atoms with Crippen LogP contribution in [0.1, 0.15) is 55.3 Å². The van der Waals surface area contributed by atoms with Gasteiger partial charge >= 0.3 is 5.97 Å². The van der Waals surface area contributed by atoms with Gasteiger partial charge in [0.1, 0.15) is 0 Å². The summed E-state index contributed by atoms with van der Waals surface area (Å²) < 4.78 is 5.18. The molecule has 0 aliphatic carbocycles. The van der Waals surface area contributed by atoms with Crippen LogP contribution in [0.4, 0.5) is 0 Å². The van der Waals surface area contributed by atoms with Gasteiger partial charge in [0.05, 0.1) is 13.0 Å². The third-order valence-electron chi connectivity index (χ3n) is 4.13. The van der Waals surface area contributed by atoms with Gasteiger partial charge in [-0.05, 0) is 52.3 Å². The van der Waals surface area contributed by atoms with Crippen molar-refractivity contribution in [2.45, 2.75) is 52.5 Å². The summed E-state index contributed by atoms with van der Waals surface area (Å²) in [6, 6.07) is 6.76. The molecule has 1 unspecified atom stereocenters. The van der Waals surface area contributed by atoms with Gasteiger partial charge in [-0.1, -0.05) is 35.7 Å². The van der Waals surface area contributed by atoms with Crippen LogP contribution in [-0.2, 0) is 9.53 Å². The van der Waals surface area contributed by atoms with Crippen molar-refractivity contribution in [1.82, 2.24) is 4.90 Å². The summed E-state index contributed by atoms with van der Waals surface area (Å²) in [7, 11) is 0. The molecule has 2 rings (SSSR count). The average molecular weight is 289 g/mol. The smallest absolute Gasteiger partial charge is 0.307 e. The highest BCUT2D eigenvalue weighted by atomic mass is 16.5. The zero-order valence-corrected chi connectivity index (χ0v) is 13.5. The molecule has 0 radical (unpaired) electrons. The molecule has 1 aliphatic rings. The Bertz CT molecular complexity index is 458. The molecule has 1 fully saturated rings. The molecule has 1 atom stereocenters. The van der Waals surface area contributed by atoms with E-state index in [1.807, 2.05) is 6.92 Å². The summed E-state index contributed by atoms with van der Waals surface area (Å²) >= 11 is 0. The van der Waals surface area contributed by atoms with E-state index in [9.17, 15) is 4.79 Å². The third kappa shape index (κ3) is 4.57. The third-order valence-corrected chi connectivity index (χ3v) is 4.13. The van der Waals surface area contributed by atoms with Crippen molar-refractivity contribution < 1.29 is 9.53 Å². The van der Waals surface area contributed by atoms with Crippen molar-refractivity contribution in [2.24, 2.45) is 0 Å². The van der Waals surface area contributed by atoms with Gasteiger partial charge in [-0.2, -0.15) is 0 Å². The van der Waals surface area contributed by atoms with Crippen LogP contribution in [0.2, 0.25) is 0 Å². The van der Waals surface area contributed by atoms with Gasteiger partial charge in [-0.15, -0.1) is 0 Å². The fourth-order valence-electron chi connectivity index (χ4n) is 3.27. The van der Waals surface area contributed by atoms with E-state index in [2.05, 4.69) is 36.9 Å². The molecule has 1 heterocycles. The van der Waals surface area contributed by atoms with Crippen LogP contribution >= 0.6 is 0 Å². The number of rotatable bonds is 5. The van der Waals surface area contributed by atoms with Crippen LogP contribution in [0.3, 0.4) is 0 Å². The number of carbonyl (C=O) groups excluding carboxylic acids is 1. The number of benzene rings is 1. The largest absolute Gasteiger partial charge is 0.466 e. The number of piperidine rings is 1. The highest BCUT2D eigenvalue weighted by Gasteiger charge is 2.25. The van der Waals surface area contributed by atoms with Crippen molar-refractivity contribution in [3.05, 3.63) is 34.9 Å². The zero-order chi connectivity index (χ0) is 15.2. The molecule has 1 saturated heterocycles. The van der Waals surface area contributed by atoms with Crippen LogP contribution in [0.5, 0.6) is 0 Å². The summed E-state index contributed by atoms with van der Waals surface area (Å²) in [4.78, 5) is 14.4. The first kappa shape index (κ1) is 16.0. The normalized spacial score (nSPS) is 17.5.